The van der Waals surface area contributed by atoms with Crippen LogP contribution >= 0.6 is 35.3 Å². The van der Waals surface area contributed by atoms with E-state index in [0.29, 0.717) is 39.3 Å². The zero-order valence-corrected chi connectivity index (χ0v) is 18.2. The van der Waals surface area contributed by atoms with E-state index >= 15 is 0 Å². The summed E-state index contributed by atoms with van der Waals surface area (Å²) >= 11 is 7.92. The third-order valence-corrected chi connectivity index (χ3v) is 6.31. The number of non-ortho nitro benzene ring substituents is 1. The Kier molecular flexibility index (Phi) is 7.66. The minimum absolute atomic E-state index is 0.0000296. The number of nitrogens with zero attached hydrogens (tertiary/aromatic N) is 3. The van der Waals surface area contributed by atoms with E-state index in [4.69, 9.17) is 12.2 Å². The van der Waals surface area contributed by atoms with E-state index in [2.05, 4.69) is 10.3 Å². The van der Waals surface area contributed by atoms with E-state index in [-0.39, 0.29) is 17.5 Å². The monoisotopic (exact) mass is 462 g/mol. The molecule has 0 unspecified atom stereocenters. The first-order chi connectivity index (χ1) is 14.4. The Hall–Kier alpha value is -2.63. The maximum Gasteiger partial charge on any atom is 0.269 e. The fourth-order valence-corrected chi connectivity index (χ4v) is 4.59. The number of aromatic nitrogens is 1. The summed E-state index contributed by atoms with van der Waals surface area (Å²) in [7, 11) is 0. The van der Waals surface area contributed by atoms with Crippen molar-refractivity contribution >= 4 is 68.3 Å². The number of nitrogens with one attached hydrogen (secondary N) is 1. The predicted octanol–water partition coefficient (Wildman–Crippen LogP) is 4.45. The number of carbonyl (C=O) groups is 2. The predicted molar refractivity (Wildman–Crippen MR) is 122 cm³/mol. The summed E-state index contributed by atoms with van der Waals surface area (Å²) in [6.45, 7) is 0.496. The number of thiocarbonyl (C=S) groups is 1. The first-order valence-corrected chi connectivity index (χ1v) is 11.2. The molecule has 1 N–H and O–H groups in total. The van der Waals surface area contributed by atoms with Gasteiger partial charge in [0.2, 0.25) is 5.91 Å². The van der Waals surface area contributed by atoms with Crippen LogP contribution < -0.4 is 5.32 Å². The van der Waals surface area contributed by atoms with E-state index in [9.17, 15) is 19.7 Å². The van der Waals surface area contributed by atoms with E-state index in [1.54, 1.807) is 34.7 Å². The minimum Gasteiger partial charge on any atom is -0.302 e. The first kappa shape index (κ1) is 22.1. The zero-order valence-electron chi connectivity index (χ0n) is 15.8. The van der Waals surface area contributed by atoms with Crippen LogP contribution in [0.15, 0.2) is 40.7 Å². The Bertz CT molecular complexity index is 974. The highest BCUT2D eigenvalue weighted by Gasteiger charge is 2.31. The largest absolute Gasteiger partial charge is 0.302 e. The molecule has 0 aliphatic carbocycles. The maximum atomic E-state index is 12.6. The number of thioether (sulfide) groups is 1. The summed E-state index contributed by atoms with van der Waals surface area (Å²) in [5.41, 5.74) is 0.701. The number of hydrogen-bond acceptors (Lipinski definition) is 8. The molecular formula is C19H18N4O4S3. The van der Waals surface area contributed by atoms with Gasteiger partial charge in [0.1, 0.15) is 4.32 Å². The van der Waals surface area contributed by atoms with Crippen molar-refractivity contribution in [1.29, 1.82) is 0 Å². The summed E-state index contributed by atoms with van der Waals surface area (Å²) in [6.07, 6.45) is 5.97. The molecule has 1 aliphatic rings. The van der Waals surface area contributed by atoms with Gasteiger partial charge in [0.05, 0.1) is 9.83 Å². The molecule has 11 heteroatoms. The second kappa shape index (κ2) is 10.4. The lowest BCUT2D eigenvalue weighted by Gasteiger charge is -2.14. The lowest BCUT2D eigenvalue weighted by molar-refractivity contribution is -0.384. The Labute approximate surface area is 186 Å². The highest BCUT2D eigenvalue weighted by Crippen LogP contribution is 2.33. The van der Waals surface area contributed by atoms with Crippen molar-refractivity contribution < 1.29 is 14.5 Å². The van der Waals surface area contributed by atoms with Crippen molar-refractivity contribution in [3.05, 3.63) is 56.4 Å². The smallest absolute Gasteiger partial charge is 0.269 e. The van der Waals surface area contributed by atoms with Gasteiger partial charge in [-0.15, -0.1) is 11.3 Å². The number of rotatable bonds is 9. The molecule has 1 saturated heterocycles. The molecule has 0 bridgehead atoms. The fourth-order valence-electron chi connectivity index (χ4n) is 2.74. The van der Waals surface area contributed by atoms with Crippen LogP contribution in [0.4, 0.5) is 10.8 Å². The summed E-state index contributed by atoms with van der Waals surface area (Å²) in [6, 6.07) is 6.00. The number of anilines is 1. The molecule has 1 aromatic heterocycles. The number of nitro benzene ring substituents is 1. The van der Waals surface area contributed by atoms with Gasteiger partial charge in [-0.2, -0.15) is 0 Å². The lowest BCUT2D eigenvalue weighted by atomic mass is 10.1. The van der Waals surface area contributed by atoms with Crippen molar-refractivity contribution in [3.63, 3.8) is 0 Å². The summed E-state index contributed by atoms with van der Waals surface area (Å²) in [5, 5.41) is 15.9. The standard InChI is InChI=1S/C19H18N4O4S3/c24-16(21-18-20-9-11-29-18)4-2-1-3-10-22-17(25)15(30-19(22)28)12-13-5-7-14(8-6-13)23(26)27/h5-9,11-12H,1-4,10H2,(H,20,21,24)/b15-12-. The average Bonchev–Trinajstić information content (AvgIpc) is 3.31. The van der Waals surface area contributed by atoms with E-state index in [1.807, 2.05) is 0 Å². The number of carbonyl (C=O) groups excluding carboxylic acids is 2. The normalized spacial score (nSPS) is 15.1. The number of unbranched alkanes of at least 4 members (excludes halogenated alkanes) is 2. The van der Waals surface area contributed by atoms with Crippen molar-refractivity contribution in [3.8, 4) is 0 Å². The lowest BCUT2D eigenvalue weighted by Crippen LogP contribution is -2.29. The molecule has 2 heterocycles. The molecule has 0 saturated carbocycles. The number of thiazole rings is 1. The molecule has 0 spiro atoms. The van der Waals surface area contributed by atoms with Gasteiger partial charge in [0.15, 0.2) is 5.13 Å². The molecule has 1 aliphatic heterocycles. The second-order valence-electron chi connectivity index (χ2n) is 6.38. The molecular weight excluding hydrogens is 444 g/mol. The van der Waals surface area contributed by atoms with Gasteiger partial charge in [-0.05, 0) is 36.6 Å². The molecule has 8 nitrogen and oxygen atoms in total. The van der Waals surface area contributed by atoms with Crippen molar-refractivity contribution in [1.82, 2.24) is 9.88 Å². The van der Waals surface area contributed by atoms with Crippen molar-refractivity contribution in [2.24, 2.45) is 0 Å². The van der Waals surface area contributed by atoms with Crippen molar-refractivity contribution in [2.75, 3.05) is 11.9 Å². The highest BCUT2D eigenvalue weighted by molar-refractivity contribution is 8.26. The van der Waals surface area contributed by atoms with Gasteiger partial charge in [-0.3, -0.25) is 24.6 Å². The Morgan fingerprint density at radius 2 is 2.03 bits per heavy atom. The number of amides is 2. The molecule has 3 rings (SSSR count). The van der Waals surface area contributed by atoms with Crippen LogP contribution in [-0.2, 0) is 9.59 Å². The second-order valence-corrected chi connectivity index (χ2v) is 8.95. The third-order valence-electron chi connectivity index (χ3n) is 4.24. The molecule has 0 radical (unpaired) electrons. The maximum absolute atomic E-state index is 12.6. The Balaban J connectivity index is 1.44. The van der Waals surface area contributed by atoms with Gasteiger partial charge < -0.3 is 5.32 Å². The van der Waals surface area contributed by atoms with E-state index in [0.717, 1.165) is 12.8 Å². The van der Waals surface area contributed by atoms with Gasteiger partial charge in [0, 0.05) is 36.7 Å². The fraction of sp³-hybridized carbons (Fsp3) is 0.263. The van der Waals surface area contributed by atoms with Crippen LogP contribution in [0.25, 0.3) is 6.08 Å². The van der Waals surface area contributed by atoms with Crippen LogP contribution in [-0.4, -0.2) is 37.5 Å². The molecule has 156 valence electrons. The van der Waals surface area contributed by atoms with E-state index < -0.39 is 4.92 Å². The Morgan fingerprint density at radius 3 is 2.70 bits per heavy atom. The summed E-state index contributed by atoms with van der Waals surface area (Å²) < 4.78 is 0.495. The van der Waals surface area contributed by atoms with Gasteiger partial charge in [-0.25, -0.2) is 4.98 Å². The van der Waals surface area contributed by atoms with Crippen LogP contribution in [0.2, 0.25) is 0 Å². The molecule has 2 aromatic rings. The summed E-state index contributed by atoms with van der Waals surface area (Å²) in [5.74, 6) is -0.230. The molecule has 1 fully saturated rings. The quantitative estimate of drug-likeness (QED) is 0.193. The van der Waals surface area contributed by atoms with Gasteiger partial charge >= 0.3 is 0 Å². The van der Waals surface area contributed by atoms with Crippen LogP contribution in [0.3, 0.4) is 0 Å². The topological polar surface area (TPSA) is 105 Å². The first-order valence-electron chi connectivity index (χ1n) is 9.13. The van der Waals surface area contributed by atoms with Gasteiger partial charge in [0.25, 0.3) is 11.6 Å². The van der Waals surface area contributed by atoms with Crippen LogP contribution in [0, 0.1) is 10.1 Å². The summed E-state index contributed by atoms with van der Waals surface area (Å²) in [4.78, 5) is 40.8. The van der Waals surface area contributed by atoms with E-state index in [1.165, 1.54) is 35.2 Å². The van der Waals surface area contributed by atoms with Gasteiger partial charge in [-0.1, -0.05) is 30.4 Å². The number of benzene rings is 1. The van der Waals surface area contributed by atoms with Crippen LogP contribution in [0.5, 0.6) is 0 Å². The number of nitro groups is 1. The van der Waals surface area contributed by atoms with Crippen LogP contribution in [0.1, 0.15) is 31.2 Å². The average molecular weight is 463 g/mol. The minimum atomic E-state index is -0.466. The molecule has 30 heavy (non-hydrogen) atoms. The highest BCUT2D eigenvalue weighted by atomic mass is 32.2. The molecule has 1 aromatic carbocycles. The SMILES string of the molecule is O=C(CCCCCN1C(=O)/C(=C/c2ccc([N+](=O)[O-])cc2)SC1=S)Nc1nccs1. The zero-order chi connectivity index (χ0) is 21.5. The molecule has 2 amide bonds. The third kappa shape index (κ3) is 5.94. The molecule has 0 atom stereocenters. The number of hydrogen-bond donors (Lipinski definition) is 1. The van der Waals surface area contributed by atoms with Crippen molar-refractivity contribution in [2.45, 2.75) is 25.7 Å². The Morgan fingerprint density at radius 1 is 1.27 bits per heavy atom.